The molecule has 0 saturated carbocycles. The van der Waals surface area contributed by atoms with Gasteiger partial charge in [0.25, 0.3) is 0 Å². The standard InChI is InChI=1S/C24H31NO8/c1-30-15-4-3-14-6-8-25-7-5-13-9-18(17(31-2)10-16(13)24(14,25)11-15)32-23-22(29)21(28)20(27)19(12-26)33-23/h3-4,6,9-10,15,19-23,26-29H,5,7-8,11-12H2,1-2H3/t15-,19-,20-,21+,22-,23-,24+/m0/s1. The molecule has 1 aromatic carbocycles. The Hall–Kier alpha value is -1.98. The number of rotatable bonds is 5. The van der Waals surface area contributed by atoms with Gasteiger partial charge in [-0.25, -0.2) is 0 Å². The van der Waals surface area contributed by atoms with E-state index in [0.717, 1.165) is 37.1 Å². The molecule has 0 radical (unpaired) electrons. The molecule has 1 spiro atoms. The first-order valence-electron chi connectivity index (χ1n) is 11.3. The Morgan fingerprint density at radius 2 is 1.94 bits per heavy atom. The maximum atomic E-state index is 10.4. The van der Waals surface area contributed by atoms with E-state index >= 15 is 0 Å². The quantitative estimate of drug-likeness (QED) is 0.474. The van der Waals surface area contributed by atoms with Crippen LogP contribution < -0.4 is 9.47 Å². The number of aliphatic hydroxyl groups excluding tert-OH is 4. The maximum absolute atomic E-state index is 10.4. The topological polar surface area (TPSA) is 121 Å². The van der Waals surface area contributed by atoms with Crippen LogP contribution in [0.2, 0.25) is 0 Å². The summed E-state index contributed by atoms with van der Waals surface area (Å²) in [5.41, 5.74) is 3.20. The fourth-order valence-corrected chi connectivity index (χ4v) is 5.61. The number of nitrogens with zero attached hydrogens (tertiary/aromatic N) is 1. The molecule has 7 atom stereocenters. The normalized spacial score (nSPS) is 37.7. The predicted molar refractivity (Wildman–Crippen MR) is 117 cm³/mol. The van der Waals surface area contributed by atoms with Gasteiger partial charge in [0, 0.05) is 26.6 Å². The molecule has 0 aromatic heterocycles. The van der Waals surface area contributed by atoms with Crippen LogP contribution >= 0.6 is 0 Å². The van der Waals surface area contributed by atoms with Crippen LogP contribution in [0.5, 0.6) is 11.5 Å². The molecule has 4 N–H and O–H groups in total. The summed E-state index contributed by atoms with van der Waals surface area (Å²) in [7, 11) is 3.27. The second-order valence-corrected chi connectivity index (χ2v) is 9.03. The second-order valence-electron chi connectivity index (χ2n) is 9.03. The molecule has 180 valence electrons. The Labute approximate surface area is 192 Å². The van der Waals surface area contributed by atoms with Crippen molar-refractivity contribution in [1.29, 1.82) is 0 Å². The number of ether oxygens (including phenoxy) is 4. The minimum absolute atomic E-state index is 0.00439. The highest BCUT2D eigenvalue weighted by atomic mass is 16.7. The molecule has 4 aliphatic rings. The minimum atomic E-state index is -1.51. The molecule has 1 aromatic rings. The van der Waals surface area contributed by atoms with Crippen LogP contribution in [0.4, 0.5) is 0 Å². The van der Waals surface area contributed by atoms with Crippen molar-refractivity contribution < 1.29 is 39.4 Å². The van der Waals surface area contributed by atoms with E-state index in [1.54, 1.807) is 14.2 Å². The van der Waals surface area contributed by atoms with Crippen molar-refractivity contribution in [3.05, 3.63) is 47.1 Å². The third-order valence-corrected chi connectivity index (χ3v) is 7.42. The molecule has 1 saturated heterocycles. The molecule has 1 fully saturated rings. The lowest BCUT2D eigenvalue weighted by molar-refractivity contribution is -0.277. The highest BCUT2D eigenvalue weighted by molar-refractivity contribution is 5.57. The van der Waals surface area contributed by atoms with E-state index in [0.29, 0.717) is 11.5 Å². The van der Waals surface area contributed by atoms with Crippen LogP contribution in [-0.2, 0) is 21.4 Å². The van der Waals surface area contributed by atoms with Gasteiger partial charge in [0.05, 0.1) is 25.4 Å². The van der Waals surface area contributed by atoms with E-state index in [9.17, 15) is 20.4 Å². The molecule has 5 rings (SSSR count). The van der Waals surface area contributed by atoms with Gasteiger partial charge in [0.1, 0.15) is 24.4 Å². The van der Waals surface area contributed by atoms with Gasteiger partial charge in [-0.2, -0.15) is 0 Å². The summed E-state index contributed by atoms with van der Waals surface area (Å²) in [5.74, 6) is 0.834. The van der Waals surface area contributed by atoms with E-state index in [4.69, 9.17) is 18.9 Å². The third kappa shape index (κ3) is 3.50. The van der Waals surface area contributed by atoms with E-state index in [1.165, 1.54) is 5.57 Å². The zero-order chi connectivity index (χ0) is 23.3. The number of hydrogen-bond acceptors (Lipinski definition) is 9. The molecule has 0 bridgehead atoms. The van der Waals surface area contributed by atoms with Crippen molar-refractivity contribution in [1.82, 2.24) is 4.90 Å². The molecule has 3 heterocycles. The monoisotopic (exact) mass is 461 g/mol. The van der Waals surface area contributed by atoms with Crippen LogP contribution in [-0.4, -0.2) is 96.1 Å². The molecule has 9 heteroatoms. The van der Waals surface area contributed by atoms with Crippen molar-refractivity contribution in [2.24, 2.45) is 0 Å². The zero-order valence-corrected chi connectivity index (χ0v) is 18.8. The fraction of sp³-hybridized carbons (Fsp3) is 0.583. The van der Waals surface area contributed by atoms with Gasteiger partial charge < -0.3 is 39.4 Å². The predicted octanol–water partition coefficient (Wildman–Crippen LogP) is -0.158. The lowest BCUT2D eigenvalue weighted by Crippen LogP contribution is -2.60. The lowest BCUT2D eigenvalue weighted by atomic mass is 9.71. The van der Waals surface area contributed by atoms with Gasteiger partial charge in [-0.3, -0.25) is 4.90 Å². The Morgan fingerprint density at radius 3 is 2.67 bits per heavy atom. The maximum Gasteiger partial charge on any atom is 0.229 e. The summed E-state index contributed by atoms with van der Waals surface area (Å²) in [5, 5.41) is 40.0. The number of methoxy groups -OCH3 is 2. The highest BCUT2D eigenvalue weighted by Gasteiger charge is 2.51. The highest BCUT2D eigenvalue weighted by Crippen LogP contribution is 2.52. The van der Waals surface area contributed by atoms with Gasteiger partial charge in [0.15, 0.2) is 11.5 Å². The number of fused-ring (bicyclic) bond motifs is 1. The summed E-state index contributed by atoms with van der Waals surface area (Å²) >= 11 is 0. The van der Waals surface area contributed by atoms with Crippen LogP contribution in [0.1, 0.15) is 17.5 Å². The van der Waals surface area contributed by atoms with Crippen LogP contribution in [0.3, 0.4) is 0 Å². The molecule has 1 aliphatic carbocycles. The van der Waals surface area contributed by atoms with Crippen LogP contribution in [0.15, 0.2) is 35.9 Å². The molecular formula is C24H31NO8. The van der Waals surface area contributed by atoms with Gasteiger partial charge in [-0.15, -0.1) is 0 Å². The van der Waals surface area contributed by atoms with E-state index in [-0.39, 0.29) is 11.6 Å². The summed E-state index contributed by atoms with van der Waals surface area (Å²) in [4.78, 5) is 2.47. The van der Waals surface area contributed by atoms with Crippen LogP contribution in [0, 0.1) is 0 Å². The third-order valence-electron chi connectivity index (χ3n) is 7.42. The first kappa shape index (κ1) is 22.8. The van der Waals surface area contributed by atoms with Gasteiger partial charge in [0.2, 0.25) is 6.29 Å². The first-order chi connectivity index (χ1) is 15.9. The first-order valence-corrected chi connectivity index (χ1v) is 11.3. The Morgan fingerprint density at radius 1 is 1.12 bits per heavy atom. The summed E-state index contributed by atoms with van der Waals surface area (Å²) < 4.78 is 22.8. The summed E-state index contributed by atoms with van der Waals surface area (Å²) in [6.45, 7) is 1.23. The van der Waals surface area contributed by atoms with Crippen molar-refractivity contribution in [2.75, 3.05) is 33.9 Å². The smallest absolute Gasteiger partial charge is 0.229 e. The SMILES string of the molecule is COc1cc2c(cc1O[C@H]1O[C@@H](CO)[C@H](O)[C@@H](O)[C@@H]1O)CCN1CC=C3C=C[C@H](OC)C[C@@]321. The lowest BCUT2D eigenvalue weighted by Gasteiger charge is -2.48. The molecule has 3 aliphatic heterocycles. The molecule has 0 amide bonds. The van der Waals surface area contributed by atoms with Crippen LogP contribution in [0.25, 0.3) is 0 Å². The van der Waals surface area contributed by atoms with Crippen molar-refractivity contribution in [3.8, 4) is 11.5 Å². The number of benzene rings is 1. The Balaban J connectivity index is 1.51. The Kier molecular flexibility index (Phi) is 5.98. The van der Waals surface area contributed by atoms with E-state index < -0.39 is 37.3 Å². The van der Waals surface area contributed by atoms with E-state index in [1.807, 2.05) is 12.1 Å². The van der Waals surface area contributed by atoms with Gasteiger partial charge in [-0.1, -0.05) is 18.2 Å². The second kappa shape index (κ2) is 8.66. The molecule has 9 nitrogen and oxygen atoms in total. The zero-order valence-electron chi connectivity index (χ0n) is 18.8. The molecule has 0 unspecified atom stereocenters. The summed E-state index contributed by atoms with van der Waals surface area (Å²) in [6, 6.07) is 3.88. The van der Waals surface area contributed by atoms with Gasteiger partial charge >= 0.3 is 0 Å². The molecular weight excluding hydrogens is 430 g/mol. The average molecular weight is 462 g/mol. The Bertz CT molecular complexity index is 962. The van der Waals surface area contributed by atoms with Crippen molar-refractivity contribution in [3.63, 3.8) is 0 Å². The van der Waals surface area contributed by atoms with E-state index in [2.05, 4.69) is 23.1 Å². The van der Waals surface area contributed by atoms with Crippen molar-refractivity contribution in [2.45, 2.75) is 55.2 Å². The minimum Gasteiger partial charge on any atom is -0.493 e. The summed E-state index contributed by atoms with van der Waals surface area (Å²) in [6.07, 6.45) is 1.37. The van der Waals surface area contributed by atoms with Gasteiger partial charge in [-0.05, 0) is 35.3 Å². The molecule has 33 heavy (non-hydrogen) atoms. The van der Waals surface area contributed by atoms with Crippen molar-refractivity contribution >= 4 is 0 Å². The largest absolute Gasteiger partial charge is 0.493 e. The number of aliphatic hydroxyl groups is 4. The fourth-order valence-electron chi connectivity index (χ4n) is 5.61. The average Bonchev–Trinajstić information content (AvgIpc) is 3.22. The number of hydrogen-bond donors (Lipinski definition) is 4.